The number of ether oxygens (including phenoxy) is 1. The topological polar surface area (TPSA) is 61.9 Å². The van der Waals surface area contributed by atoms with Gasteiger partial charge in [-0.2, -0.15) is 0 Å². The van der Waals surface area contributed by atoms with Crippen molar-refractivity contribution >= 4 is 11.8 Å². The van der Waals surface area contributed by atoms with Crippen molar-refractivity contribution in [2.24, 2.45) is 5.92 Å². The highest BCUT2D eigenvalue weighted by Crippen LogP contribution is 2.37. The van der Waals surface area contributed by atoms with E-state index in [-0.39, 0.29) is 17.7 Å². The fraction of sp³-hybridized carbons (Fsp3) is 0.462. The Kier molecular flexibility index (Phi) is 5.99. The van der Waals surface area contributed by atoms with Crippen molar-refractivity contribution in [3.63, 3.8) is 0 Å². The number of fused-ring (bicyclic) bond motifs is 1. The van der Waals surface area contributed by atoms with E-state index in [0.29, 0.717) is 13.1 Å². The zero-order chi connectivity index (χ0) is 23.0. The molecule has 1 fully saturated rings. The van der Waals surface area contributed by atoms with E-state index in [1.54, 1.807) is 26.1 Å². The predicted molar refractivity (Wildman–Crippen MR) is 125 cm³/mol. The van der Waals surface area contributed by atoms with E-state index in [9.17, 15) is 9.59 Å². The Morgan fingerprint density at radius 2 is 1.94 bits per heavy atom. The highest BCUT2D eigenvalue weighted by molar-refractivity contribution is 5.97. The van der Waals surface area contributed by atoms with E-state index >= 15 is 0 Å². The Hall–Kier alpha value is -2.86. The third-order valence-corrected chi connectivity index (χ3v) is 7.28. The maximum Gasteiger partial charge on any atom is 0.252 e. The number of benzene rings is 2. The average Bonchev–Trinajstić information content (AvgIpc) is 3.05. The minimum absolute atomic E-state index is 0.0707. The molecule has 6 nitrogen and oxygen atoms in total. The number of amides is 2. The number of carbonyl (C=O) groups is 2. The smallest absolute Gasteiger partial charge is 0.252 e. The Balaban J connectivity index is 1.65. The van der Waals surface area contributed by atoms with E-state index in [2.05, 4.69) is 30.1 Å². The molecule has 2 aromatic carbocycles. The summed E-state index contributed by atoms with van der Waals surface area (Å²) >= 11 is 0. The van der Waals surface area contributed by atoms with Crippen LogP contribution in [0.5, 0.6) is 5.75 Å². The zero-order valence-electron chi connectivity index (χ0n) is 19.7. The Morgan fingerprint density at radius 1 is 1.19 bits per heavy atom. The molecule has 170 valence electrons. The standard InChI is InChI=1S/C26H33N3O3/c1-17-18(2)23(32-5)11-10-20(17)14-29-15-22(25(31)28(3)4)26(16-29)13-12-19-8-6-7-9-21(19)24(30)27-26/h6-11,22H,12-16H2,1-5H3,(H,27,30)/t22-,26+/m1/s1. The van der Waals surface area contributed by atoms with Gasteiger partial charge in [-0.15, -0.1) is 0 Å². The van der Waals surface area contributed by atoms with Crippen LogP contribution in [0.25, 0.3) is 0 Å². The number of aryl methyl sites for hydroxylation is 1. The number of likely N-dealkylation sites (tertiary alicyclic amines) is 1. The molecule has 2 aromatic rings. The normalized spacial score (nSPS) is 22.9. The number of hydrogen-bond acceptors (Lipinski definition) is 4. The van der Waals surface area contributed by atoms with E-state index in [1.165, 1.54) is 11.1 Å². The number of nitrogens with one attached hydrogen (secondary N) is 1. The van der Waals surface area contributed by atoms with Crippen LogP contribution in [0, 0.1) is 19.8 Å². The Morgan fingerprint density at radius 3 is 2.66 bits per heavy atom. The second-order valence-corrected chi connectivity index (χ2v) is 9.40. The fourth-order valence-corrected chi connectivity index (χ4v) is 5.29. The maximum absolute atomic E-state index is 13.2. The maximum atomic E-state index is 13.2. The molecular formula is C26H33N3O3. The molecule has 1 saturated heterocycles. The van der Waals surface area contributed by atoms with Crippen LogP contribution in [0.15, 0.2) is 36.4 Å². The van der Waals surface area contributed by atoms with E-state index in [0.717, 1.165) is 41.8 Å². The molecular weight excluding hydrogens is 402 g/mol. The van der Waals surface area contributed by atoms with Crippen molar-refractivity contribution in [1.29, 1.82) is 0 Å². The molecule has 0 unspecified atom stereocenters. The number of rotatable bonds is 4. The molecule has 0 radical (unpaired) electrons. The van der Waals surface area contributed by atoms with Gasteiger partial charge in [0.05, 0.1) is 18.6 Å². The molecule has 0 bridgehead atoms. The van der Waals surface area contributed by atoms with Gasteiger partial charge in [-0.25, -0.2) is 0 Å². The summed E-state index contributed by atoms with van der Waals surface area (Å²) in [5, 5.41) is 3.31. The van der Waals surface area contributed by atoms with Gasteiger partial charge >= 0.3 is 0 Å². The van der Waals surface area contributed by atoms with E-state index in [4.69, 9.17) is 4.74 Å². The lowest BCUT2D eigenvalue weighted by molar-refractivity contribution is -0.134. The molecule has 6 heteroatoms. The van der Waals surface area contributed by atoms with Crippen molar-refractivity contribution in [3.05, 3.63) is 64.2 Å². The number of nitrogens with zero attached hydrogens (tertiary/aromatic N) is 2. The van der Waals surface area contributed by atoms with Crippen LogP contribution in [0.3, 0.4) is 0 Å². The van der Waals surface area contributed by atoms with Gasteiger partial charge in [0.15, 0.2) is 0 Å². The monoisotopic (exact) mass is 435 g/mol. The highest BCUT2D eigenvalue weighted by Gasteiger charge is 2.52. The molecule has 0 aromatic heterocycles. The SMILES string of the molecule is COc1ccc(CN2C[C@H](C(=O)N(C)C)[C@]3(CCc4ccccc4C(=O)N3)C2)c(C)c1C. The highest BCUT2D eigenvalue weighted by atomic mass is 16.5. The first kappa shape index (κ1) is 22.3. The molecule has 0 aliphatic carbocycles. The van der Waals surface area contributed by atoms with Gasteiger partial charge in [0.1, 0.15) is 5.75 Å². The summed E-state index contributed by atoms with van der Waals surface area (Å²) < 4.78 is 5.46. The van der Waals surface area contributed by atoms with Gasteiger partial charge in [-0.05, 0) is 61.1 Å². The lowest BCUT2D eigenvalue weighted by Crippen LogP contribution is -2.57. The van der Waals surface area contributed by atoms with Crippen molar-refractivity contribution in [3.8, 4) is 5.75 Å². The summed E-state index contributed by atoms with van der Waals surface area (Å²) in [4.78, 5) is 30.4. The largest absolute Gasteiger partial charge is 0.496 e. The third-order valence-electron chi connectivity index (χ3n) is 7.28. The molecule has 1 N–H and O–H groups in total. The summed E-state index contributed by atoms with van der Waals surface area (Å²) in [5.41, 5.74) is 4.77. The molecule has 4 rings (SSSR count). The van der Waals surface area contributed by atoms with Gasteiger partial charge in [0.2, 0.25) is 5.91 Å². The minimum Gasteiger partial charge on any atom is -0.496 e. The second kappa shape index (κ2) is 8.58. The van der Waals surface area contributed by atoms with Crippen LogP contribution in [0.4, 0.5) is 0 Å². The van der Waals surface area contributed by atoms with Gasteiger partial charge in [-0.3, -0.25) is 14.5 Å². The molecule has 2 aliphatic rings. The van der Waals surface area contributed by atoms with Crippen LogP contribution >= 0.6 is 0 Å². The second-order valence-electron chi connectivity index (χ2n) is 9.40. The van der Waals surface area contributed by atoms with Crippen molar-refractivity contribution < 1.29 is 14.3 Å². The zero-order valence-corrected chi connectivity index (χ0v) is 19.7. The van der Waals surface area contributed by atoms with E-state index < -0.39 is 5.54 Å². The van der Waals surface area contributed by atoms with Crippen LogP contribution in [-0.2, 0) is 17.8 Å². The first-order valence-electron chi connectivity index (χ1n) is 11.2. The lowest BCUT2D eigenvalue weighted by atomic mass is 9.81. The molecule has 2 heterocycles. The molecule has 0 saturated carbocycles. The van der Waals surface area contributed by atoms with Crippen molar-refractivity contribution in [1.82, 2.24) is 15.1 Å². The van der Waals surface area contributed by atoms with Gasteiger partial charge in [-0.1, -0.05) is 24.3 Å². The fourth-order valence-electron chi connectivity index (χ4n) is 5.29. The number of methoxy groups -OCH3 is 1. The number of carbonyl (C=O) groups excluding carboxylic acids is 2. The van der Waals surface area contributed by atoms with Gasteiger partial charge in [0.25, 0.3) is 5.91 Å². The first-order valence-corrected chi connectivity index (χ1v) is 11.2. The Labute approximate surface area is 190 Å². The summed E-state index contributed by atoms with van der Waals surface area (Å²) in [6, 6.07) is 11.9. The van der Waals surface area contributed by atoms with Gasteiger partial charge in [0, 0.05) is 39.3 Å². The molecule has 2 amide bonds. The summed E-state index contributed by atoms with van der Waals surface area (Å²) in [6.45, 7) is 6.20. The lowest BCUT2D eigenvalue weighted by Gasteiger charge is -2.35. The quantitative estimate of drug-likeness (QED) is 0.802. The first-order chi connectivity index (χ1) is 15.3. The van der Waals surface area contributed by atoms with Crippen LogP contribution in [-0.4, -0.2) is 61.4 Å². The van der Waals surface area contributed by atoms with E-state index in [1.807, 2.05) is 30.3 Å². The summed E-state index contributed by atoms with van der Waals surface area (Å²) in [7, 11) is 5.28. The van der Waals surface area contributed by atoms with Crippen LogP contribution < -0.4 is 10.1 Å². The third kappa shape index (κ3) is 3.88. The van der Waals surface area contributed by atoms with Crippen LogP contribution in [0.1, 0.15) is 39.0 Å². The molecule has 2 atom stereocenters. The molecule has 32 heavy (non-hydrogen) atoms. The predicted octanol–water partition coefficient (Wildman–Crippen LogP) is 2.95. The Bertz CT molecular complexity index is 1050. The molecule has 2 aliphatic heterocycles. The number of hydrogen-bond donors (Lipinski definition) is 1. The van der Waals surface area contributed by atoms with Crippen molar-refractivity contribution in [2.45, 2.75) is 38.8 Å². The summed E-state index contributed by atoms with van der Waals surface area (Å²) in [5.74, 6) is 0.600. The van der Waals surface area contributed by atoms with Crippen LogP contribution in [0.2, 0.25) is 0 Å². The minimum atomic E-state index is -0.577. The van der Waals surface area contributed by atoms with Crippen molar-refractivity contribution in [2.75, 3.05) is 34.3 Å². The summed E-state index contributed by atoms with van der Waals surface area (Å²) in [6.07, 6.45) is 1.53. The average molecular weight is 436 g/mol. The molecule has 1 spiro atoms. The van der Waals surface area contributed by atoms with Gasteiger partial charge < -0.3 is 15.0 Å².